The topological polar surface area (TPSA) is 74.6 Å². The zero-order valence-electron chi connectivity index (χ0n) is 12.0. The normalized spacial score (nSPS) is 10.0. The van der Waals surface area contributed by atoms with Crippen molar-refractivity contribution >= 4 is 40.2 Å². The van der Waals surface area contributed by atoms with Crippen LogP contribution in [0, 0.1) is 0 Å². The summed E-state index contributed by atoms with van der Waals surface area (Å²) in [5.41, 5.74) is 0. The Balaban J connectivity index is 2.23. The molecule has 0 atom stereocenters. The molecule has 0 radical (unpaired) electrons. The lowest BCUT2D eigenvalue weighted by Crippen LogP contribution is -2.40. The summed E-state index contributed by atoms with van der Waals surface area (Å²) in [6.45, 7) is 5.83. The Morgan fingerprint density at radius 3 is 2.67 bits per heavy atom. The van der Waals surface area contributed by atoms with Gasteiger partial charge < -0.3 is 14.6 Å². The highest BCUT2D eigenvalue weighted by Crippen LogP contribution is 2.08. The van der Waals surface area contributed by atoms with Gasteiger partial charge >= 0.3 is 6.03 Å². The lowest BCUT2D eigenvalue weighted by atomic mass is 10.4. The quantitative estimate of drug-likeness (QED) is 0.777. The number of carbonyl (C=O) groups excluding carboxylic acids is 2. The molecule has 1 aromatic rings. The van der Waals surface area contributed by atoms with Gasteiger partial charge in [-0.3, -0.25) is 10.1 Å². The van der Waals surface area contributed by atoms with E-state index in [1.807, 2.05) is 18.7 Å². The maximum absolute atomic E-state index is 11.6. The van der Waals surface area contributed by atoms with Crippen molar-refractivity contribution in [3.8, 4) is 0 Å². The Hall–Kier alpha value is -1.54. The van der Waals surface area contributed by atoms with Gasteiger partial charge in [-0.2, -0.15) is 0 Å². The smallest absolute Gasteiger partial charge is 0.321 e. The van der Waals surface area contributed by atoms with Gasteiger partial charge in [-0.1, -0.05) is 24.0 Å². The molecule has 1 rings (SSSR count). The molecule has 0 saturated carbocycles. The van der Waals surface area contributed by atoms with E-state index in [4.69, 9.17) is 16.6 Å². The molecule has 116 valence electrons. The molecule has 6 nitrogen and oxygen atoms in total. The van der Waals surface area contributed by atoms with Gasteiger partial charge in [-0.15, -0.1) is 0 Å². The number of nitrogens with one attached hydrogen (secondary N) is 2. The Bertz CT molecular complexity index is 473. The fraction of sp³-hybridized carbons (Fsp3) is 0.462. The van der Waals surface area contributed by atoms with Crippen molar-refractivity contribution in [1.82, 2.24) is 15.5 Å². The monoisotopic (exact) mass is 329 g/mol. The molecule has 0 unspecified atom stereocenters. The van der Waals surface area contributed by atoms with Gasteiger partial charge in [-0.25, -0.2) is 4.79 Å². The number of amides is 3. The van der Waals surface area contributed by atoms with Gasteiger partial charge in [0, 0.05) is 13.1 Å². The maximum atomic E-state index is 11.6. The van der Waals surface area contributed by atoms with E-state index in [0.717, 1.165) is 13.1 Å². The van der Waals surface area contributed by atoms with Crippen molar-refractivity contribution in [2.75, 3.05) is 18.8 Å². The first kappa shape index (κ1) is 17.5. The van der Waals surface area contributed by atoms with Crippen LogP contribution < -0.4 is 10.6 Å². The van der Waals surface area contributed by atoms with E-state index >= 15 is 0 Å². The van der Waals surface area contributed by atoms with Crippen molar-refractivity contribution < 1.29 is 14.0 Å². The minimum Gasteiger partial charge on any atom is -0.467 e. The molecule has 0 fully saturated rings. The van der Waals surface area contributed by atoms with Crippen molar-refractivity contribution in [3.63, 3.8) is 0 Å². The third-order valence-electron chi connectivity index (χ3n) is 2.60. The van der Waals surface area contributed by atoms with Gasteiger partial charge in [0.2, 0.25) is 5.91 Å². The summed E-state index contributed by atoms with van der Waals surface area (Å²) in [6, 6.07) is 2.91. The Morgan fingerprint density at radius 2 is 2.10 bits per heavy atom. The van der Waals surface area contributed by atoms with Crippen LogP contribution in [0.2, 0.25) is 0 Å². The summed E-state index contributed by atoms with van der Waals surface area (Å²) in [5, 5.41) is 4.77. The molecule has 0 bridgehead atoms. The molecular formula is C13H19N3O3S2. The van der Waals surface area contributed by atoms with Crippen LogP contribution in [0.3, 0.4) is 0 Å². The first-order chi connectivity index (χ1) is 10.1. The lowest BCUT2D eigenvalue weighted by Gasteiger charge is -2.20. The summed E-state index contributed by atoms with van der Waals surface area (Å²) in [7, 11) is 0. The molecule has 8 heteroatoms. The summed E-state index contributed by atoms with van der Waals surface area (Å²) in [6.07, 6.45) is 1.52. The minimum atomic E-state index is -0.550. The number of thioether (sulfide) groups is 1. The summed E-state index contributed by atoms with van der Waals surface area (Å²) >= 11 is 6.45. The second-order valence-electron chi connectivity index (χ2n) is 4.04. The van der Waals surface area contributed by atoms with Crippen LogP contribution in [0.25, 0.3) is 0 Å². The van der Waals surface area contributed by atoms with Gasteiger partial charge in [0.05, 0.1) is 18.6 Å². The third-order valence-corrected chi connectivity index (χ3v) is 4.13. The maximum Gasteiger partial charge on any atom is 0.321 e. The molecule has 0 aliphatic rings. The molecule has 0 spiro atoms. The van der Waals surface area contributed by atoms with Crippen molar-refractivity contribution in [3.05, 3.63) is 24.2 Å². The van der Waals surface area contributed by atoms with E-state index in [2.05, 4.69) is 10.6 Å². The molecule has 0 saturated heterocycles. The Morgan fingerprint density at radius 1 is 1.38 bits per heavy atom. The average molecular weight is 329 g/mol. The zero-order valence-corrected chi connectivity index (χ0v) is 13.7. The average Bonchev–Trinajstić information content (AvgIpc) is 2.97. The summed E-state index contributed by atoms with van der Waals surface area (Å²) in [4.78, 5) is 25.1. The predicted octanol–water partition coefficient (Wildman–Crippen LogP) is 1.97. The van der Waals surface area contributed by atoms with Crippen LogP contribution in [0.1, 0.15) is 19.6 Å². The fourth-order valence-electron chi connectivity index (χ4n) is 1.49. The van der Waals surface area contributed by atoms with Crippen LogP contribution in [0.5, 0.6) is 0 Å². The van der Waals surface area contributed by atoms with Crippen LogP contribution in [-0.4, -0.2) is 40.0 Å². The molecule has 0 aliphatic carbocycles. The highest BCUT2D eigenvalue weighted by atomic mass is 32.2. The third kappa shape index (κ3) is 6.63. The number of thiocarbonyl (C=S) groups is 1. The van der Waals surface area contributed by atoms with Crippen LogP contribution in [0.4, 0.5) is 4.79 Å². The molecule has 0 aliphatic heterocycles. The minimum absolute atomic E-state index is 0.115. The second kappa shape index (κ2) is 9.41. The molecular weight excluding hydrogens is 310 g/mol. The number of hydrogen-bond acceptors (Lipinski definition) is 5. The standard InChI is InChI=1S/C13H19N3O3S2/c1-3-16(4-2)13(20)21-9-11(17)15-12(18)14-8-10-6-5-7-19-10/h5-7H,3-4,8-9H2,1-2H3,(H2,14,15,17,18). The molecule has 1 aromatic heterocycles. The number of urea groups is 1. The van der Waals surface area contributed by atoms with E-state index in [0.29, 0.717) is 10.1 Å². The van der Waals surface area contributed by atoms with E-state index in [1.165, 1.54) is 18.0 Å². The van der Waals surface area contributed by atoms with E-state index in [9.17, 15) is 9.59 Å². The largest absolute Gasteiger partial charge is 0.467 e. The van der Waals surface area contributed by atoms with Crippen LogP contribution in [-0.2, 0) is 11.3 Å². The predicted molar refractivity (Wildman–Crippen MR) is 87.1 cm³/mol. The highest BCUT2D eigenvalue weighted by Gasteiger charge is 2.11. The van der Waals surface area contributed by atoms with Crippen LogP contribution in [0.15, 0.2) is 22.8 Å². The number of rotatable bonds is 6. The number of carbonyl (C=O) groups is 2. The summed E-state index contributed by atoms with van der Waals surface area (Å²) in [5.74, 6) is 0.352. The van der Waals surface area contributed by atoms with Crippen molar-refractivity contribution in [2.24, 2.45) is 0 Å². The zero-order chi connectivity index (χ0) is 15.7. The van der Waals surface area contributed by atoms with Crippen LogP contribution >= 0.6 is 24.0 Å². The number of furan rings is 1. The molecule has 2 N–H and O–H groups in total. The van der Waals surface area contributed by atoms with Crippen molar-refractivity contribution in [1.29, 1.82) is 0 Å². The number of imide groups is 1. The number of nitrogens with zero attached hydrogens (tertiary/aromatic N) is 1. The number of hydrogen-bond donors (Lipinski definition) is 2. The van der Waals surface area contributed by atoms with E-state index < -0.39 is 6.03 Å². The van der Waals surface area contributed by atoms with Gasteiger partial charge in [0.1, 0.15) is 10.1 Å². The molecule has 1 heterocycles. The molecule has 3 amide bonds. The van der Waals surface area contributed by atoms with E-state index in [-0.39, 0.29) is 18.2 Å². The van der Waals surface area contributed by atoms with Crippen molar-refractivity contribution in [2.45, 2.75) is 20.4 Å². The van der Waals surface area contributed by atoms with E-state index in [1.54, 1.807) is 12.1 Å². The Kier molecular flexibility index (Phi) is 7.84. The molecule has 21 heavy (non-hydrogen) atoms. The first-order valence-corrected chi connectivity index (χ1v) is 7.98. The summed E-state index contributed by atoms with van der Waals surface area (Å²) < 4.78 is 5.72. The fourth-order valence-corrected chi connectivity index (χ4v) is 2.69. The first-order valence-electron chi connectivity index (χ1n) is 6.58. The highest BCUT2D eigenvalue weighted by molar-refractivity contribution is 8.23. The van der Waals surface area contributed by atoms with Gasteiger partial charge in [0.15, 0.2) is 0 Å². The molecule has 0 aromatic carbocycles. The lowest BCUT2D eigenvalue weighted by molar-refractivity contribution is -0.117. The Labute approximate surface area is 133 Å². The second-order valence-corrected chi connectivity index (χ2v) is 5.65. The van der Waals surface area contributed by atoms with Gasteiger partial charge in [0.25, 0.3) is 0 Å². The SMILES string of the molecule is CCN(CC)C(=S)SCC(=O)NC(=O)NCc1ccco1. The van der Waals surface area contributed by atoms with Gasteiger partial charge in [-0.05, 0) is 26.0 Å².